The second-order valence-electron chi connectivity index (χ2n) is 24.7. The quantitative estimate of drug-likeness (QED) is 0.107. The average Bonchev–Trinajstić information content (AvgIpc) is 1.58. The molecule has 0 amide bonds. The van der Waals surface area contributed by atoms with Crippen LogP contribution in [0.4, 0.5) is 0 Å². The predicted octanol–water partition coefficient (Wildman–Crippen LogP) is 17.8. The van der Waals surface area contributed by atoms with Crippen molar-refractivity contribution in [2.45, 2.75) is 0 Å². The lowest BCUT2D eigenvalue weighted by molar-refractivity contribution is 1.06. The molecule has 0 bridgehead atoms. The van der Waals surface area contributed by atoms with Gasteiger partial charge in [-0.05, 0) is 146 Å². The van der Waals surface area contributed by atoms with E-state index >= 15 is 0 Å². The molecule has 11 aromatic carbocycles. The number of aromatic nitrogens is 18. The molecule has 0 aliphatic heterocycles. The summed E-state index contributed by atoms with van der Waals surface area (Å²) >= 11 is 0. The molecule has 9 heterocycles. The van der Waals surface area contributed by atoms with E-state index in [1.54, 1.807) is 31.0 Å². The molecule has 478 valence electrons. The van der Waals surface area contributed by atoms with Crippen LogP contribution < -0.4 is 0 Å². The fraction of sp³-hybridized carbons (Fsp3) is 0. The van der Waals surface area contributed by atoms with Crippen molar-refractivity contribution in [3.05, 3.63) is 316 Å². The first kappa shape index (κ1) is 57.7. The maximum absolute atomic E-state index is 5.58. The van der Waals surface area contributed by atoms with Crippen molar-refractivity contribution in [2.24, 2.45) is 0 Å². The molecule has 20 aromatic rings. The van der Waals surface area contributed by atoms with Gasteiger partial charge in [-0.1, -0.05) is 140 Å². The van der Waals surface area contributed by atoms with E-state index < -0.39 is 0 Å². The minimum atomic E-state index is 0.440. The maximum atomic E-state index is 5.58. The Balaban J connectivity index is 0.778. The number of benzene rings is 11. The summed E-state index contributed by atoms with van der Waals surface area (Å²) in [6.45, 7) is 0. The van der Waals surface area contributed by atoms with Crippen molar-refractivity contribution >= 4 is 67.0 Å². The van der Waals surface area contributed by atoms with Gasteiger partial charge in [0.05, 0.1) is 45.0 Å². The summed E-state index contributed by atoms with van der Waals surface area (Å²) in [5, 5.41) is 0. The lowest BCUT2D eigenvalue weighted by atomic mass is 10.0. The predicted molar refractivity (Wildman–Crippen MR) is 399 cm³/mol. The minimum Gasteiger partial charge on any atom is -0.292 e. The topological polar surface area (TPSA) is 184 Å². The number of fused-ring (bicyclic) bond motifs is 6. The number of rotatable bonds is 13. The standard InChI is InChI=1S/C84H52N18/c1-6-24-60(25-7-1)97-70-38-19-16-35-66(70)90-76(97)54-45-55(77-91-67-36-17-20-39-71(67)98(77)61-26-8-2-9-27-61)47-56(46-54)78-92-68-37-18-21-40-72(68)99(78)65-34-22-23-53(51-65)69-52-89-75-84(93-69)102(64-32-14-5-15-33-64)81(96-75)59-49-57(79-94-73-82(87-43-41-85-73)100(79)62-28-10-3-11-29-62)48-58(50-59)80-95-74-83(88-44-42-86-74)101(80)63-30-12-4-13-31-63/h1-52H. The smallest absolute Gasteiger partial charge is 0.198 e. The zero-order valence-electron chi connectivity index (χ0n) is 54.1. The second kappa shape index (κ2) is 23.6. The van der Waals surface area contributed by atoms with E-state index in [9.17, 15) is 0 Å². The van der Waals surface area contributed by atoms with Crippen LogP contribution in [0.1, 0.15) is 0 Å². The van der Waals surface area contributed by atoms with E-state index in [0.717, 1.165) is 124 Å². The van der Waals surface area contributed by atoms with Crippen molar-refractivity contribution in [1.82, 2.24) is 87.2 Å². The highest BCUT2D eigenvalue weighted by atomic mass is 15.2. The largest absolute Gasteiger partial charge is 0.292 e. The molecule has 102 heavy (non-hydrogen) atoms. The van der Waals surface area contributed by atoms with Crippen LogP contribution in [0, 0.1) is 0 Å². The molecule has 0 saturated heterocycles. The van der Waals surface area contributed by atoms with Gasteiger partial charge in [-0.2, -0.15) is 0 Å². The number of hydrogen-bond donors (Lipinski definition) is 0. The summed E-state index contributed by atoms with van der Waals surface area (Å²) in [7, 11) is 0. The van der Waals surface area contributed by atoms with E-state index in [1.807, 2.05) is 118 Å². The monoisotopic (exact) mass is 1310 g/mol. The van der Waals surface area contributed by atoms with Gasteiger partial charge >= 0.3 is 0 Å². The number of imidazole rings is 6. The van der Waals surface area contributed by atoms with Crippen molar-refractivity contribution in [2.75, 3.05) is 0 Å². The second-order valence-corrected chi connectivity index (χ2v) is 24.7. The zero-order chi connectivity index (χ0) is 67.2. The Morgan fingerprint density at radius 1 is 0.196 bits per heavy atom. The van der Waals surface area contributed by atoms with Crippen LogP contribution in [0.2, 0.25) is 0 Å². The first-order chi connectivity index (χ1) is 50.6. The molecule has 0 unspecified atom stereocenters. The SMILES string of the molecule is c1ccc(-n2c(-c3cc(-c4nc5ccccc5n4-c4ccccc4)cc(-c4nc5ccccc5n4-c4cccc(-c5cnc6nc(-c7cc(-c8nc9nccnc9n8-c8ccccc8)cc(-c8nc9nccnc9n8-c8ccccc8)c7)n(-c7ccccc7)c6n5)c4)c3)nc3ccccc32)cc1. The van der Waals surface area contributed by atoms with Crippen LogP contribution in [-0.4, -0.2) is 87.2 Å². The lowest BCUT2D eigenvalue weighted by Gasteiger charge is -2.16. The maximum Gasteiger partial charge on any atom is 0.198 e. The van der Waals surface area contributed by atoms with Crippen LogP contribution >= 0.6 is 0 Å². The highest BCUT2D eigenvalue weighted by Crippen LogP contribution is 2.42. The molecule has 20 rings (SSSR count). The lowest BCUT2D eigenvalue weighted by Crippen LogP contribution is -2.03. The number of para-hydroxylation sites is 11. The number of nitrogens with zero attached hydrogens (tertiary/aromatic N) is 18. The first-order valence-electron chi connectivity index (χ1n) is 33.3. The van der Waals surface area contributed by atoms with Gasteiger partial charge < -0.3 is 0 Å². The van der Waals surface area contributed by atoms with E-state index in [0.29, 0.717) is 57.1 Å². The van der Waals surface area contributed by atoms with Crippen LogP contribution in [0.5, 0.6) is 0 Å². The Labute approximate surface area is 580 Å². The summed E-state index contributed by atoms with van der Waals surface area (Å²) in [5.41, 5.74) is 20.3. The third-order valence-corrected chi connectivity index (χ3v) is 18.5. The molecule has 0 aliphatic rings. The fourth-order valence-corrected chi connectivity index (χ4v) is 14.1. The molecule has 0 atom stereocenters. The third kappa shape index (κ3) is 9.65. The van der Waals surface area contributed by atoms with E-state index in [2.05, 4.69) is 194 Å². The summed E-state index contributed by atoms with van der Waals surface area (Å²) in [5.74, 6) is 4.07. The average molecular weight is 1310 g/mol. The molecule has 0 spiro atoms. The Kier molecular flexibility index (Phi) is 13.4. The highest BCUT2D eigenvalue weighted by molar-refractivity contribution is 5.92. The number of hydrogen-bond acceptors (Lipinski definition) is 12. The minimum absolute atomic E-state index is 0.440. The Morgan fingerprint density at radius 3 is 0.873 bits per heavy atom. The van der Waals surface area contributed by atoms with E-state index in [4.69, 9.17) is 59.8 Å². The Hall–Kier alpha value is -14.5. The van der Waals surface area contributed by atoms with Gasteiger partial charge in [-0.25, -0.2) is 59.8 Å². The fourth-order valence-electron chi connectivity index (χ4n) is 14.1. The van der Waals surface area contributed by atoms with Crippen molar-refractivity contribution < 1.29 is 0 Å². The van der Waals surface area contributed by atoms with Gasteiger partial charge in [0, 0.05) is 97.9 Å². The Morgan fingerprint density at radius 2 is 0.490 bits per heavy atom. The van der Waals surface area contributed by atoms with E-state index in [1.165, 1.54) is 0 Å². The summed E-state index contributed by atoms with van der Waals surface area (Å²) in [6.07, 6.45) is 8.51. The van der Waals surface area contributed by atoms with Gasteiger partial charge in [0.1, 0.15) is 34.9 Å². The van der Waals surface area contributed by atoms with Gasteiger partial charge in [-0.15, -0.1) is 0 Å². The van der Waals surface area contributed by atoms with Gasteiger partial charge in [0.15, 0.2) is 33.9 Å². The molecular formula is C84H52N18. The van der Waals surface area contributed by atoms with Crippen LogP contribution in [-0.2, 0) is 0 Å². The molecular weight excluding hydrogens is 1260 g/mol. The molecule has 9 aromatic heterocycles. The summed E-state index contributed by atoms with van der Waals surface area (Å²) in [6, 6.07) is 97.4. The molecule has 18 heteroatoms. The van der Waals surface area contributed by atoms with Crippen LogP contribution in [0.15, 0.2) is 316 Å². The first-order valence-corrected chi connectivity index (χ1v) is 33.3. The van der Waals surface area contributed by atoms with Crippen molar-refractivity contribution in [1.29, 1.82) is 0 Å². The normalized spacial score (nSPS) is 11.7. The van der Waals surface area contributed by atoms with Gasteiger partial charge in [0.25, 0.3) is 0 Å². The molecule has 0 N–H and O–H groups in total. The summed E-state index contributed by atoms with van der Waals surface area (Å²) < 4.78 is 12.9. The van der Waals surface area contributed by atoms with Crippen LogP contribution in [0.25, 0.3) is 181 Å². The molecule has 0 saturated carbocycles. The highest BCUT2D eigenvalue weighted by Gasteiger charge is 2.27. The van der Waals surface area contributed by atoms with Gasteiger partial charge in [-0.3, -0.25) is 27.4 Å². The summed E-state index contributed by atoms with van der Waals surface area (Å²) in [4.78, 5) is 62.2. The van der Waals surface area contributed by atoms with Gasteiger partial charge in [0.2, 0.25) is 0 Å². The molecule has 0 aliphatic carbocycles. The molecule has 0 radical (unpaired) electrons. The third-order valence-electron chi connectivity index (χ3n) is 18.5. The van der Waals surface area contributed by atoms with Crippen LogP contribution in [0.3, 0.4) is 0 Å². The van der Waals surface area contributed by atoms with Crippen molar-refractivity contribution in [3.8, 4) is 114 Å². The molecule has 18 nitrogen and oxygen atoms in total. The Bertz CT molecular complexity index is 6360. The van der Waals surface area contributed by atoms with E-state index in [-0.39, 0.29) is 0 Å². The zero-order valence-corrected chi connectivity index (χ0v) is 54.1. The van der Waals surface area contributed by atoms with Crippen molar-refractivity contribution in [3.63, 3.8) is 0 Å². The molecule has 0 fully saturated rings.